The Morgan fingerprint density at radius 3 is 2.56 bits per heavy atom. The highest BCUT2D eigenvalue weighted by molar-refractivity contribution is 7.13. The predicted octanol–water partition coefficient (Wildman–Crippen LogP) is 2.22. The lowest BCUT2D eigenvalue weighted by Gasteiger charge is -2.05. The van der Waals surface area contributed by atoms with E-state index in [9.17, 15) is 9.59 Å². The number of carboxylic acids is 1. The minimum absolute atomic E-state index is 0.215. The second-order valence-corrected chi connectivity index (χ2v) is 4.80. The number of nitrogens with zero attached hydrogens (tertiary/aromatic N) is 1. The summed E-state index contributed by atoms with van der Waals surface area (Å²) in [5.41, 5.74) is 1.75. The third kappa shape index (κ3) is 2.36. The summed E-state index contributed by atoms with van der Waals surface area (Å²) in [6.07, 6.45) is 0.635. The van der Waals surface area contributed by atoms with Crippen LogP contribution in [0.1, 0.15) is 12.6 Å². The molecule has 1 aromatic heterocycles. The summed E-state index contributed by atoms with van der Waals surface area (Å²) in [7, 11) is 0. The molecule has 2 aromatic rings. The minimum Gasteiger partial charge on any atom is -0.480 e. The van der Waals surface area contributed by atoms with Crippen LogP contribution in [-0.4, -0.2) is 15.6 Å². The van der Waals surface area contributed by atoms with Crippen LogP contribution in [0.3, 0.4) is 0 Å². The average molecular weight is 263 g/mol. The van der Waals surface area contributed by atoms with Crippen LogP contribution in [-0.2, 0) is 17.8 Å². The van der Waals surface area contributed by atoms with Crippen LogP contribution in [0.25, 0.3) is 10.4 Å². The smallest absolute Gasteiger partial charge is 0.323 e. The summed E-state index contributed by atoms with van der Waals surface area (Å²) in [6.45, 7) is 1.65. The van der Waals surface area contributed by atoms with Crippen molar-refractivity contribution in [3.63, 3.8) is 0 Å². The molecule has 1 aromatic carbocycles. The Morgan fingerprint density at radius 1 is 1.33 bits per heavy atom. The first kappa shape index (κ1) is 12.6. The van der Waals surface area contributed by atoms with Gasteiger partial charge in [-0.2, -0.15) is 0 Å². The van der Waals surface area contributed by atoms with Gasteiger partial charge in [0.25, 0.3) is 0 Å². The lowest BCUT2D eigenvalue weighted by atomic mass is 10.1. The van der Waals surface area contributed by atoms with Crippen molar-refractivity contribution in [1.82, 2.24) is 4.57 Å². The number of carboxylic acid groups (broad SMARTS) is 1. The fourth-order valence-electron chi connectivity index (χ4n) is 1.90. The van der Waals surface area contributed by atoms with Crippen LogP contribution in [0.5, 0.6) is 0 Å². The van der Waals surface area contributed by atoms with E-state index in [2.05, 4.69) is 0 Å². The van der Waals surface area contributed by atoms with Crippen LogP contribution in [0.2, 0.25) is 0 Å². The van der Waals surface area contributed by atoms with Gasteiger partial charge in [0.05, 0.1) is 4.88 Å². The molecular formula is C13H13NO3S. The minimum atomic E-state index is -0.996. The Morgan fingerprint density at radius 2 is 2.00 bits per heavy atom. The number of thiazole rings is 1. The maximum atomic E-state index is 11.8. The molecule has 0 atom stereocenters. The van der Waals surface area contributed by atoms with Gasteiger partial charge < -0.3 is 5.11 Å². The third-order valence-corrected chi connectivity index (χ3v) is 3.73. The van der Waals surface area contributed by atoms with Gasteiger partial charge in [0, 0.05) is 5.69 Å². The number of hydrogen-bond acceptors (Lipinski definition) is 3. The normalized spacial score (nSPS) is 10.5. The predicted molar refractivity (Wildman–Crippen MR) is 71.0 cm³/mol. The monoisotopic (exact) mass is 263 g/mol. The summed E-state index contributed by atoms with van der Waals surface area (Å²) in [6, 6.07) is 9.57. The fourth-order valence-corrected chi connectivity index (χ4v) is 2.98. The number of rotatable bonds is 4. The van der Waals surface area contributed by atoms with E-state index in [1.807, 2.05) is 37.3 Å². The first-order chi connectivity index (χ1) is 8.63. The van der Waals surface area contributed by atoms with Crippen LogP contribution < -0.4 is 4.87 Å². The van der Waals surface area contributed by atoms with Crippen molar-refractivity contribution >= 4 is 17.3 Å². The largest absolute Gasteiger partial charge is 0.480 e. The van der Waals surface area contributed by atoms with E-state index in [-0.39, 0.29) is 11.4 Å². The van der Waals surface area contributed by atoms with Gasteiger partial charge in [-0.05, 0) is 12.0 Å². The van der Waals surface area contributed by atoms with Gasteiger partial charge in [0.15, 0.2) is 0 Å². The van der Waals surface area contributed by atoms with E-state index in [0.717, 1.165) is 27.5 Å². The molecule has 94 valence electrons. The standard InChI is InChI=1S/C13H13NO3S/c1-2-10-12(9-6-4-3-5-7-9)18-13(17)14(10)8-11(15)16/h3-7H,2,8H2,1H3,(H,15,16). The highest BCUT2D eigenvalue weighted by atomic mass is 32.1. The third-order valence-electron chi connectivity index (χ3n) is 2.66. The second-order valence-electron chi connectivity index (χ2n) is 3.84. The molecule has 5 heteroatoms. The zero-order valence-electron chi connectivity index (χ0n) is 9.92. The molecule has 0 fully saturated rings. The lowest BCUT2D eigenvalue weighted by molar-refractivity contribution is -0.137. The first-order valence-electron chi connectivity index (χ1n) is 5.63. The molecule has 0 amide bonds. The topological polar surface area (TPSA) is 59.3 Å². The number of hydrogen-bond donors (Lipinski definition) is 1. The van der Waals surface area contributed by atoms with Crippen LogP contribution in [0.4, 0.5) is 0 Å². The van der Waals surface area contributed by atoms with E-state index < -0.39 is 5.97 Å². The molecule has 0 unspecified atom stereocenters. The van der Waals surface area contributed by atoms with Crippen LogP contribution in [0, 0.1) is 0 Å². The Bertz CT molecular complexity index is 613. The van der Waals surface area contributed by atoms with Gasteiger partial charge in [0.1, 0.15) is 6.54 Å². The molecule has 0 aliphatic carbocycles. The van der Waals surface area contributed by atoms with Gasteiger partial charge >= 0.3 is 10.8 Å². The van der Waals surface area contributed by atoms with Crippen LogP contribution >= 0.6 is 11.3 Å². The molecule has 0 aliphatic heterocycles. The lowest BCUT2D eigenvalue weighted by Crippen LogP contribution is -2.20. The summed E-state index contributed by atoms with van der Waals surface area (Å²) < 4.78 is 1.34. The molecule has 18 heavy (non-hydrogen) atoms. The SMILES string of the molecule is CCc1c(-c2ccccc2)sc(=O)n1CC(=O)O. The summed E-state index contributed by atoms with van der Waals surface area (Å²) in [5.74, 6) is -0.996. The van der Waals surface area contributed by atoms with Crippen molar-refractivity contribution in [1.29, 1.82) is 0 Å². The van der Waals surface area contributed by atoms with Crippen molar-refractivity contribution < 1.29 is 9.90 Å². The molecule has 0 bridgehead atoms. The van der Waals surface area contributed by atoms with Crippen LogP contribution in [0.15, 0.2) is 35.1 Å². The van der Waals surface area contributed by atoms with E-state index in [4.69, 9.17) is 5.11 Å². The number of benzene rings is 1. The van der Waals surface area contributed by atoms with E-state index in [1.54, 1.807) is 0 Å². The van der Waals surface area contributed by atoms with Gasteiger partial charge in [0.2, 0.25) is 0 Å². The van der Waals surface area contributed by atoms with E-state index in [1.165, 1.54) is 4.57 Å². The molecular weight excluding hydrogens is 250 g/mol. The van der Waals surface area contributed by atoms with Crippen molar-refractivity contribution in [3.8, 4) is 10.4 Å². The Kier molecular flexibility index (Phi) is 3.62. The highest BCUT2D eigenvalue weighted by Gasteiger charge is 2.16. The zero-order chi connectivity index (χ0) is 13.1. The molecule has 0 saturated heterocycles. The maximum absolute atomic E-state index is 11.8. The summed E-state index contributed by atoms with van der Waals surface area (Å²) in [5, 5.41) is 8.84. The molecule has 1 heterocycles. The van der Waals surface area contributed by atoms with E-state index >= 15 is 0 Å². The van der Waals surface area contributed by atoms with Gasteiger partial charge in [-0.15, -0.1) is 0 Å². The Balaban J connectivity index is 2.57. The quantitative estimate of drug-likeness (QED) is 0.920. The molecule has 4 nitrogen and oxygen atoms in total. The molecule has 2 rings (SSSR count). The summed E-state index contributed by atoms with van der Waals surface area (Å²) in [4.78, 5) is 23.3. The fraction of sp³-hybridized carbons (Fsp3) is 0.231. The second kappa shape index (κ2) is 5.18. The number of carbonyl (C=O) groups is 1. The van der Waals surface area contributed by atoms with Gasteiger partial charge in [-0.1, -0.05) is 48.6 Å². The Labute approximate surface area is 108 Å². The van der Waals surface area contributed by atoms with Crippen molar-refractivity contribution in [3.05, 3.63) is 45.7 Å². The van der Waals surface area contributed by atoms with Crippen molar-refractivity contribution in [2.45, 2.75) is 19.9 Å². The molecule has 0 aliphatic rings. The molecule has 0 saturated carbocycles. The highest BCUT2D eigenvalue weighted by Crippen LogP contribution is 2.27. The zero-order valence-corrected chi connectivity index (χ0v) is 10.7. The molecule has 1 N–H and O–H groups in total. The molecule has 0 spiro atoms. The molecule has 0 radical (unpaired) electrons. The van der Waals surface area contributed by atoms with Gasteiger partial charge in [-0.25, -0.2) is 0 Å². The van der Waals surface area contributed by atoms with E-state index in [0.29, 0.717) is 6.42 Å². The summed E-state index contributed by atoms with van der Waals surface area (Å²) >= 11 is 1.10. The number of aromatic nitrogens is 1. The number of aliphatic carboxylic acids is 1. The van der Waals surface area contributed by atoms with Crippen molar-refractivity contribution in [2.24, 2.45) is 0 Å². The van der Waals surface area contributed by atoms with Gasteiger partial charge in [-0.3, -0.25) is 14.2 Å². The van der Waals surface area contributed by atoms with Crippen molar-refractivity contribution in [2.75, 3.05) is 0 Å². The average Bonchev–Trinajstić information content (AvgIpc) is 2.67. The maximum Gasteiger partial charge on any atom is 0.323 e. The Hall–Kier alpha value is -1.88. The first-order valence-corrected chi connectivity index (χ1v) is 6.44.